The molecule has 5 rings (SSSR count). The van der Waals surface area contributed by atoms with Crippen LogP contribution in [0.3, 0.4) is 0 Å². The molecule has 2 heterocycles. The Bertz CT molecular complexity index is 1300. The summed E-state index contributed by atoms with van der Waals surface area (Å²) in [6.45, 7) is -2.93. The standard InChI is InChI=1S/C23H15BrClF2N3O/c24-14-7-10-21(31-22(26)27)16(11-14)20-12-18(13-5-8-15(25)9-6-13)29-23-28-17-3-1-2-4-19(17)30(20)23/h1-12,20,22H,(H,28,29). The molecule has 3 aromatic carbocycles. The molecule has 31 heavy (non-hydrogen) atoms. The molecule has 8 heteroatoms. The number of benzene rings is 3. The van der Waals surface area contributed by atoms with Gasteiger partial charge in [0.25, 0.3) is 0 Å². The average molecular weight is 503 g/mol. The van der Waals surface area contributed by atoms with Crippen molar-refractivity contribution in [1.29, 1.82) is 0 Å². The number of imidazole rings is 1. The summed E-state index contributed by atoms with van der Waals surface area (Å²) in [5.41, 5.74) is 3.97. The highest BCUT2D eigenvalue weighted by atomic mass is 79.9. The molecule has 1 N–H and O–H groups in total. The van der Waals surface area contributed by atoms with E-state index in [1.807, 2.05) is 47.0 Å². The zero-order chi connectivity index (χ0) is 21.5. The van der Waals surface area contributed by atoms with E-state index in [0.29, 0.717) is 16.5 Å². The van der Waals surface area contributed by atoms with Gasteiger partial charge in [0, 0.05) is 20.8 Å². The smallest absolute Gasteiger partial charge is 0.387 e. The summed E-state index contributed by atoms with van der Waals surface area (Å²) in [4.78, 5) is 4.72. The van der Waals surface area contributed by atoms with Crippen molar-refractivity contribution < 1.29 is 13.5 Å². The molecular formula is C23H15BrClF2N3O. The first-order valence-electron chi connectivity index (χ1n) is 9.45. The van der Waals surface area contributed by atoms with Crippen molar-refractivity contribution in [3.05, 3.63) is 93.4 Å². The van der Waals surface area contributed by atoms with Gasteiger partial charge in [-0.3, -0.25) is 4.57 Å². The lowest BCUT2D eigenvalue weighted by Crippen LogP contribution is -2.20. The summed E-state index contributed by atoms with van der Waals surface area (Å²) in [6, 6.07) is 19.7. The minimum atomic E-state index is -2.93. The van der Waals surface area contributed by atoms with Crippen LogP contribution < -0.4 is 10.1 Å². The third-order valence-corrected chi connectivity index (χ3v) is 5.85. The molecule has 0 saturated heterocycles. The van der Waals surface area contributed by atoms with Gasteiger partial charge in [-0.2, -0.15) is 8.78 Å². The van der Waals surface area contributed by atoms with Crippen LogP contribution in [0.4, 0.5) is 14.7 Å². The van der Waals surface area contributed by atoms with Crippen LogP contribution in [0, 0.1) is 0 Å². The van der Waals surface area contributed by atoms with Crippen LogP contribution in [0.25, 0.3) is 16.7 Å². The Morgan fingerprint density at radius 1 is 1.06 bits per heavy atom. The highest BCUT2D eigenvalue weighted by molar-refractivity contribution is 9.10. The lowest BCUT2D eigenvalue weighted by molar-refractivity contribution is -0.0505. The van der Waals surface area contributed by atoms with Crippen LogP contribution in [0.5, 0.6) is 5.75 Å². The Morgan fingerprint density at radius 3 is 2.61 bits per heavy atom. The maximum Gasteiger partial charge on any atom is 0.387 e. The summed E-state index contributed by atoms with van der Waals surface area (Å²) < 4.78 is 33.9. The number of alkyl halides is 2. The van der Waals surface area contributed by atoms with E-state index in [4.69, 9.17) is 21.3 Å². The Hall–Kier alpha value is -2.90. The van der Waals surface area contributed by atoms with Gasteiger partial charge in [-0.25, -0.2) is 4.98 Å². The number of anilines is 1. The molecule has 0 bridgehead atoms. The molecule has 0 spiro atoms. The van der Waals surface area contributed by atoms with Crippen LogP contribution in [0.15, 0.2) is 77.3 Å². The van der Waals surface area contributed by atoms with Gasteiger partial charge >= 0.3 is 6.61 Å². The van der Waals surface area contributed by atoms with Crippen molar-refractivity contribution in [2.45, 2.75) is 12.7 Å². The number of halogens is 4. The van der Waals surface area contributed by atoms with Crippen molar-refractivity contribution >= 4 is 50.2 Å². The minimum Gasteiger partial charge on any atom is -0.434 e. The van der Waals surface area contributed by atoms with Gasteiger partial charge in [0.15, 0.2) is 0 Å². The first-order chi connectivity index (χ1) is 15.0. The van der Waals surface area contributed by atoms with Crippen molar-refractivity contribution in [3.63, 3.8) is 0 Å². The number of allylic oxidation sites excluding steroid dienone is 1. The monoisotopic (exact) mass is 501 g/mol. The summed E-state index contributed by atoms with van der Waals surface area (Å²) in [7, 11) is 0. The van der Waals surface area contributed by atoms with Crippen LogP contribution in [-0.2, 0) is 0 Å². The highest BCUT2D eigenvalue weighted by Gasteiger charge is 2.28. The van der Waals surface area contributed by atoms with E-state index in [0.717, 1.165) is 26.8 Å². The van der Waals surface area contributed by atoms with Gasteiger partial charge in [-0.1, -0.05) is 51.8 Å². The third kappa shape index (κ3) is 3.79. The maximum absolute atomic E-state index is 13.1. The number of para-hydroxylation sites is 2. The van der Waals surface area contributed by atoms with Gasteiger partial charge < -0.3 is 10.1 Å². The topological polar surface area (TPSA) is 39.1 Å². The summed E-state index contributed by atoms with van der Waals surface area (Å²) in [5, 5.41) is 3.99. The van der Waals surface area contributed by atoms with Gasteiger partial charge in [0.1, 0.15) is 5.75 Å². The number of nitrogens with one attached hydrogen (secondary N) is 1. The number of fused-ring (bicyclic) bond motifs is 3. The minimum absolute atomic E-state index is 0.112. The van der Waals surface area contributed by atoms with Gasteiger partial charge in [-0.05, 0) is 54.1 Å². The molecule has 1 aliphatic rings. The van der Waals surface area contributed by atoms with E-state index in [1.54, 1.807) is 30.3 Å². The molecule has 0 saturated carbocycles. The molecule has 156 valence electrons. The number of nitrogens with zero attached hydrogens (tertiary/aromatic N) is 2. The third-order valence-electron chi connectivity index (χ3n) is 5.11. The molecule has 1 aliphatic heterocycles. The maximum atomic E-state index is 13.1. The lowest BCUT2D eigenvalue weighted by atomic mass is 10.00. The average Bonchev–Trinajstić information content (AvgIpc) is 3.13. The molecule has 1 atom stereocenters. The van der Waals surface area contributed by atoms with Crippen LogP contribution in [0.2, 0.25) is 5.02 Å². The molecular weight excluding hydrogens is 488 g/mol. The van der Waals surface area contributed by atoms with Crippen LogP contribution in [-0.4, -0.2) is 16.2 Å². The summed E-state index contributed by atoms with van der Waals surface area (Å²) in [5.74, 6) is 0.724. The highest BCUT2D eigenvalue weighted by Crippen LogP contribution is 2.41. The largest absolute Gasteiger partial charge is 0.434 e. The molecule has 4 aromatic rings. The fourth-order valence-corrected chi connectivity index (χ4v) is 4.29. The number of ether oxygens (including phenoxy) is 1. The molecule has 1 aromatic heterocycles. The first-order valence-corrected chi connectivity index (χ1v) is 10.6. The Kier molecular flexibility index (Phi) is 5.16. The molecule has 0 aliphatic carbocycles. The predicted octanol–water partition coefficient (Wildman–Crippen LogP) is 7.11. The van der Waals surface area contributed by atoms with E-state index in [9.17, 15) is 8.78 Å². The first kappa shape index (κ1) is 20.0. The van der Waals surface area contributed by atoms with E-state index in [1.165, 1.54) is 0 Å². The zero-order valence-corrected chi connectivity index (χ0v) is 18.2. The zero-order valence-electron chi connectivity index (χ0n) is 15.9. The molecule has 4 nitrogen and oxygen atoms in total. The SMILES string of the molecule is FC(F)Oc1ccc(Br)cc1C1C=C(c2ccc(Cl)cc2)Nc2nc3ccccc3n21. The summed E-state index contributed by atoms with van der Waals surface area (Å²) in [6.07, 6.45) is 1.98. The molecule has 0 radical (unpaired) electrons. The van der Waals surface area contributed by atoms with E-state index < -0.39 is 12.7 Å². The second-order valence-corrected chi connectivity index (χ2v) is 8.36. The van der Waals surface area contributed by atoms with E-state index in [2.05, 4.69) is 21.2 Å². The van der Waals surface area contributed by atoms with Crippen molar-refractivity contribution in [3.8, 4) is 5.75 Å². The van der Waals surface area contributed by atoms with Gasteiger partial charge in [0.05, 0.1) is 17.1 Å². The second-order valence-electron chi connectivity index (χ2n) is 7.01. The molecule has 0 fully saturated rings. The summed E-state index contributed by atoms with van der Waals surface area (Å²) >= 11 is 9.51. The fraction of sp³-hybridized carbons (Fsp3) is 0.0870. The van der Waals surface area contributed by atoms with E-state index in [-0.39, 0.29) is 5.75 Å². The van der Waals surface area contributed by atoms with Gasteiger partial charge in [0.2, 0.25) is 5.95 Å². The predicted molar refractivity (Wildman–Crippen MR) is 122 cm³/mol. The molecule has 1 unspecified atom stereocenters. The Balaban J connectivity index is 1.74. The number of aromatic nitrogens is 2. The van der Waals surface area contributed by atoms with Crippen molar-refractivity contribution in [2.24, 2.45) is 0 Å². The fourth-order valence-electron chi connectivity index (χ4n) is 3.79. The Labute approximate surface area is 190 Å². The Morgan fingerprint density at radius 2 is 1.84 bits per heavy atom. The van der Waals surface area contributed by atoms with E-state index >= 15 is 0 Å². The number of rotatable bonds is 4. The van der Waals surface area contributed by atoms with Gasteiger partial charge in [-0.15, -0.1) is 0 Å². The normalized spacial score (nSPS) is 15.5. The number of hydrogen-bond acceptors (Lipinski definition) is 3. The van der Waals surface area contributed by atoms with Crippen LogP contribution >= 0.6 is 27.5 Å². The van der Waals surface area contributed by atoms with Crippen molar-refractivity contribution in [2.75, 3.05) is 5.32 Å². The quantitative estimate of drug-likeness (QED) is 0.323. The second kappa shape index (κ2) is 7.98. The van der Waals surface area contributed by atoms with Crippen LogP contribution in [0.1, 0.15) is 17.2 Å². The number of hydrogen-bond donors (Lipinski definition) is 1. The van der Waals surface area contributed by atoms with Crippen molar-refractivity contribution in [1.82, 2.24) is 9.55 Å². The molecule has 0 amide bonds. The lowest BCUT2D eigenvalue weighted by Gasteiger charge is -2.28.